The van der Waals surface area contributed by atoms with Gasteiger partial charge in [0.2, 0.25) is 5.78 Å². The molecule has 3 aromatic carbocycles. The number of ether oxygens (including phenoxy) is 1. The van der Waals surface area contributed by atoms with Gasteiger partial charge >= 0.3 is 5.97 Å². The molecule has 3 heterocycles. The van der Waals surface area contributed by atoms with E-state index in [-0.39, 0.29) is 29.5 Å². The Bertz CT molecular complexity index is 1250. The summed E-state index contributed by atoms with van der Waals surface area (Å²) >= 11 is 0. The first-order chi connectivity index (χ1) is 17.9. The lowest BCUT2D eigenvalue weighted by atomic mass is 9.82. The Morgan fingerprint density at radius 2 is 1.49 bits per heavy atom. The van der Waals surface area contributed by atoms with Crippen LogP contribution in [0.4, 0.5) is 0 Å². The van der Waals surface area contributed by atoms with Gasteiger partial charge in [-0.15, -0.1) is 0 Å². The second kappa shape index (κ2) is 10.6. The second-order valence-corrected chi connectivity index (χ2v) is 10.1. The number of rotatable bonds is 8. The van der Waals surface area contributed by atoms with Crippen LogP contribution in [0.3, 0.4) is 0 Å². The number of hydrogen-bond acceptors (Lipinski definition) is 5. The largest absolute Gasteiger partial charge is 0.508 e. The molecule has 7 nitrogen and oxygen atoms in total. The number of carbonyl (C=O) groups excluding carboxylic acids is 3. The van der Waals surface area contributed by atoms with Crippen molar-refractivity contribution in [2.75, 3.05) is 26.2 Å². The van der Waals surface area contributed by atoms with Crippen molar-refractivity contribution in [1.82, 2.24) is 5.32 Å². The van der Waals surface area contributed by atoms with E-state index in [0.717, 1.165) is 25.9 Å². The maximum Gasteiger partial charge on any atom is 0.333 e. The minimum absolute atomic E-state index is 0.0164. The molecule has 3 fully saturated rings. The number of Topliss-reactive ketones (excluding diaryl/α,β-unsaturated/α-hetero) is 1. The molecule has 7 heteroatoms. The topological polar surface area (TPSA) is 92.7 Å². The molecule has 1 amide bonds. The smallest absolute Gasteiger partial charge is 0.333 e. The minimum atomic E-state index is -0.934. The zero-order chi connectivity index (χ0) is 25.8. The summed E-state index contributed by atoms with van der Waals surface area (Å²) in [6.45, 7) is 2.65. The van der Waals surface area contributed by atoms with Gasteiger partial charge in [-0.05, 0) is 42.0 Å². The molecule has 190 valence electrons. The highest BCUT2D eigenvalue weighted by Crippen LogP contribution is 2.36. The highest BCUT2D eigenvalue weighted by molar-refractivity contribution is 5.97. The summed E-state index contributed by atoms with van der Waals surface area (Å²) in [6, 6.07) is 23.3. The average molecular weight is 500 g/mol. The second-order valence-electron chi connectivity index (χ2n) is 10.1. The number of phenols is 1. The summed E-state index contributed by atoms with van der Waals surface area (Å²) in [6.07, 6.45) is 1.45. The van der Waals surface area contributed by atoms with Gasteiger partial charge in [-0.2, -0.15) is 0 Å². The van der Waals surface area contributed by atoms with Crippen molar-refractivity contribution in [3.8, 4) is 5.75 Å². The van der Waals surface area contributed by atoms with Crippen LogP contribution in [0.2, 0.25) is 0 Å². The van der Waals surface area contributed by atoms with Crippen LogP contribution in [0.15, 0.2) is 84.9 Å². The fourth-order valence-corrected chi connectivity index (χ4v) is 5.57. The molecule has 2 bridgehead atoms. The number of ketones is 1. The number of piperidine rings is 3. The van der Waals surface area contributed by atoms with Crippen molar-refractivity contribution >= 4 is 17.7 Å². The number of benzene rings is 3. The SMILES string of the molecule is O=C(C[N+]12CCC(CC1)[C@@H](OC(=O)C(NC(=O)c1ccccc1)c1ccccc1)C2)c1ccc(O)cc1. The molecule has 37 heavy (non-hydrogen) atoms. The van der Waals surface area contributed by atoms with Gasteiger partial charge in [-0.1, -0.05) is 48.5 Å². The molecule has 3 aliphatic heterocycles. The summed E-state index contributed by atoms with van der Waals surface area (Å²) in [7, 11) is 0. The van der Waals surface area contributed by atoms with Crippen molar-refractivity contribution in [2.45, 2.75) is 25.0 Å². The Labute approximate surface area is 216 Å². The Hall–Kier alpha value is -3.97. The quantitative estimate of drug-likeness (QED) is 0.279. The number of nitrogens with zero attached hydrogens (tertiary/aromatic N) is 1. The predicted molar refractivity (Wildman–Crippen MR) is 138 cm³/mol. The maximum atomic E-state index is 13.5. The molecule has 1 unspecified atom stereocenters. The van der Waals surface area contributed by atoms with Gasteiger partial charge in [0, 0.05) is 29.9 Å². The van der Waals surface area contributed by atoms with E-state index in [0.29, 0.717) is 34.3 Å². The molecule has 0 saturated carbocycles. The molecule has 3 aromatic rings. The van der Waals surface area contributed by atoms with E-state index >= 15 is 0 Å². The zero-order valence-corrected chi connectivity index (χ0v) is 20.6. The molecular weight excluding hydrogens is 468 g/mol. The minimum Gasteiger partial charge on any atom is -0.508 e. The first kappa shape index (κ1) is 24.7. The summed E-state index contributed by atoms with van der Waals surface area (Å²) in [5.41, 5.74) is 1.69. The van der Waals surface area contributed by atoms with Crippen LogP contribution >= 0.6 is 0 Å². The number of esters is 1. The summed E-state index contributed by atoms with van der Waals surface area (Å²) in [5.74, 6) is -0.445. The van der Waals surface area contributed by atoms with Crippen LogP contribution in [-0.4, -0.2) is 59.5 Å². The van der Waals surface area contributed by atoms with Gasteiger partial charge in [-0.3, -0.25) is 9.59 Å². The summed E-state index contributed by atoms with van der Waals surface area (Å²) < 4.78 is 6.68. The summed E-state index contributed by atoms with van der Waals surface area (Å²) in [5, 5.41) is 12.4. The fourth-order valence-electron chi connectivity index (χ4n) is 5.57. The molecule has 0 spiro atoms. The van der Waals surface area contributed by atoms with E-state index in [1.165, 1.54) is 12.1 Å². The molecule has 0 aromatic heterocycles. The molecule has 0 aliphatic carbocycles. The van der Waals surface area contributed by atoms with Crippen LogP contribution in [0.5, 0.6) is 5.75 Å². The Morgan fingerprint density at radius 3 is 2.14 bits per heavy atom. The number of fused-ring (bicyclic) bond motifs is 3. The highest BCUT2D eigenvalue weighted by atomic mass is 16.5. The van der Waals surface area contributed by atoms with E-state index < -0.39 is 12.0 Å². The van der Waals surface area contributed by atoms with Crippen LogP contribution in [0.25, 0.3) is 0 Å². The zero-order valence-electron chi connectivity index (χ0n) is 20.6. The van der Waals surface area contributed by atoms with Gasteiger partial charge < -0.3 is 19.6 Å². The van der Waals surface area contributed by atoms with E-state index in [1.54, 1.807) is 48.5 Å². The number of nitrogens with one attached hydrogen (secondary N) is 1. The number of quaternary nitrogens is 1. The molecule has 2 N–H and O–H groups in total. The number of aromatic hydroxyl groups is 1. The first-order valence-corrected chi connectivity index (χ1v) is 12.7. The van der Waals surface area contributed by atoms with Gasteiger partial charge in [-0.25, -0.2) is 4.79 Å². The third kappa shape index (κ3) is 5.57. The van der Waals surface area contributed by atoms with Crippen molar-refractivity contribution in [3.63, 3.8) is 0 Å². The molecular formula is C30H31N2O5+. The fraction of sp³-hybridized carbons (Fsp3) is 0.300. The maximum absolute atomic E-state index is 13.5. The van der Waals surface area contributed by atoms with Crippen LogP contribution in [-0.2, 0) is 9.53 Å². The molecule has 0 radical (unpaired) electrons. The van der Waals surface area contributed by atoms with Gasteiger partial charge in [0.25, 0.3) is 5.91 Å². The number of phenolic OH excluding ortho intramolecular Hbond substituents is 1. The third-order valence-electron chi connectivity index (χ3n) is 7.66. The van der Waals surface area contributed by atoms with Crippen molar-refractivity contribution < 1.29 is 28.7 Å². The van der Waals surface area contributed by atoms with E-state index in [9.17, 15) is 19.5 Å². The van der Waals surface area contributed by atoms with Gasteiger partial charge in [0.05, 0.1) is 13.1 Å². The highest BCUT2D eigenvalue weighted by Gasteiger charge is 2.49. The Balaban J connectivity index is 1.30. The normalized spacial score (nSPS) is 23.1. The van der Waals surface area contributed by atoms with E-state index in [2.05, 4.69) is 5.32 Å². The lowest BCUT2D eigenvalue weighted by Gasteiger charge is -2.51. The summed E-state index contributed by atoms with van der Waals surface area (Å²) in [4.78, 5) is 39.4. The van der Waals surface area contributed by atoms with Gasteiger partial charge in [0.1, 0.15) is 18.8 Å². The lowest BCUT2D eigenvalue weighted by molar-refractivity contribution is -0.938. The van der Waals surface area contributed by atoms with Crippen LogP contribution in [0, 0.1) is 5.92 Å². The van der Waals surface area contributed by atoms with Gasteiger partial charge in [0.15, 0.2) is 12.1 Å². The van der Waals surface area contributed by atoms with Crippen molar-refractivity contribution in [1.29, 1.82) is 0 Å². The average Bonchev–Trinajstić information content (AvgIpc) is 2.93. The standard InChI is InChI=1S/C30H30N2O5/c33-25-13-11-21(12-14-25)26(34)19-32-17-15-22(16-18-32)27(20-32)37-30(36)28(23-7-3-1-4-8-23)31-29(35)24-9-5-2-6-10-24/h1-14,22,27-28H,15-20H2,(H-,31,33,34,35)/p+1/t22?,27-,28?,32?/m0/s1. The molecule has 2 atom stereocenters. The number of carbonyl (C=O) groups is 3. The molecule has 3 aliphatic rings. The molecule has 3 saturated heterocycles. The van der Waals surface area contributed by atoms with Crippen molar-refractivity contribution in [3.05, 3.63) is 102 Å². The van der Waals surface area contributed by atoms with Crippen LogP contribution < -0.4 is 5.32 Å². The number of amides is 1. The van der Waals surface area contributed by atoms with E-state index in [4.69, 9.17) is 4.74 Å². The predicted octanol–water partition coefficient (Wildman–Crippen LogP) is 3.90. The van der Waals surface area contributed by atoms with Crippen LogP contribution in [0.1, 0.15) is 45.2 Å². The van der Waals surface area contributed by atoms with Crippen molar-refractivity contribution in [2.24, 2.45) is 5.92 Å². The number of hydrogen-bond donors (Lipinski definition) is 2. The Morgan fingerprint density at radius 1 is 0.865 bits per heavy atom. The first-order valence-electron chi connectivity index (χ1n) is 12.7. The third-order valence-corrected chi connectivity index (χ3v) is 7.66. The Kier molecular flexibility index (Phi) is 7.06. The molecule has 6 rings (SSSR count). The lowest BCUT2D eigenvalue weighted by Crippen LogP contribution is -2.66. The van der Waals surface area contributed by atoms with E-state index in [1.807, 2.05) is 24.3 Å². The monoisotopic (exact) mass is 499 g/mol.